The number of hydrogen-bond acceptors (Lipinski definition) is 0. The molecule has 12 heavy (non-hydrogen) atoms. The lowest BCUT2D eigenvalue weighted by molar-refractivity contribution is 0.918. The van der Waals surface area contributed by atoms with Crippen LogP contribution in [0.15, 0.2) is 18.2 Å². The predicted molar refractivity (Wildman–Crippen MR) is 55.2 cm³/mol. The summed E-state index contributed by atoms with van der Waals surface area (Å²) in [6, 6.07) is 6.38. The van der Waals surface area contributed by atoms with Gasteiger partial charge in [-0.15, -0.1) is 0 Å². The van der Waals surface area contributed by atoms with Crippen LogP contribution in [0.25, 0.3) is 0 Å². The number of aryl methyl sites for hydroxylation is 2. The van der Waals surface area contributed by atoms with Crippen molar-refractivity contribution in [2.45, 2.75) is 33.1 Å². The van der Waals surface area contributed by atoms with Crippen LogP contribution < -0.4 is 5.46 Å². The Morgan fingerprint density at radius 1 is 1.08 bits per heavy atom. The van der Waals surface area contributed by atoms with E-state index < -0.39 is 0 Å². The lowest BCUT2D eigenvalue weighted by atomic mass is 9.90. The van der Waals surface area contributed by atoms with Gasteiger partial charge in [0, 0.05) is 0 Å². The van der Waals surface area contributed by atoms with Crippen LogP contribution in [0.5, 0.6) is 0 Å². The molecule has 2 radical (unpaired) electrons. The third-order valence-electron chi connectivity index (χ3n) is 2.02. The Hall–Kier alpha value is -0.715. The Kier molecular flexibility index (Phi) is 3.39. The first-order valence-corrected chi connectivity index (χ1v) is 4.64. The van der Waals surface area contributed by atoms with Crippen molar-refractivity contribution >= 4 is 13.3 Å². The minimum Gasteiger partial charge on any atom is -0.0961 e. The Morgan fingerprint density at radius 2 is 1.75 bits per heavy atom. The van der Waals surface area contributed by atoms with Gasteiger partial charge in [0.25, 0.3) is 0 Å². The summed E-state index contributed by atoms with van der Waals surface area (Å²) in [6.07, 6.45) is 3.40. The van der Waals surface area contributed by atoms with Crippen molar-refractivity contribution in [1.82, 2.24) is 0 Å². The summed E-state index contributed by atoms with van der Waals surface area (Å²) in [6.45, 7) is 4.35. The van der Waals surface area contributed by atoms with Crippen LogP contribution >= 0.6 is 0 Å². The minimum absolute atomic E-state index is 0.901. The van der Waals surface area contributed by atoms with Crippen LogP contribution in [0.3, 0.4) is 0 Å². The zero-order chi connectivity index (χ0) is 8.97. The van der Waals surface area contributed by atoms with Gasteiger partial charge in [-0.2, -0.15) is 0 Å². The molecule has 0 heterocycles. The molecule has 1 rings (SSSR count). The highest BCUT2D eigenvalue weighted by Gasteiger charge is 1.95. The van der Waals surface area contributed by atoms with Crippen LogP contribution in [0.1, 0.15) is 31.4 Å². The molecule has 0 nitrogen and oxygen atoms in total. The first-order valence-electron chi connectivity index (χ1n) is 4.64. The summed E-state index contributed by atoms with van der Waals surface area (Å²) in [4.78, 5) is 0. The molecule has 0 fully saturated rings. The van der Waals surface area contributed by atoms with Gasteiger partial charge in [-0.25, -0.2) is 0 Å². The normalized spacial score (nSPS) is 10.2. The van der Waals surface area contributed by atoms with E-state index in [1.54, 1.807) is 0 Å². The molecule has 1 aromatic rings. The standard InChI is InChI=1S/C11H15B/c1-3-5-10-6-9(4-2)7-11(12)8-10/h6-8H,3-5H2,1-2H3. The minimum atomic E-state index is 0.901. The van der Waals surface area contributed by atoms with Crippen LogP contribution in [-0.2, 0) is 12.8 Å². The molecule has 0 aliphatic rings. The summed E-state index contributed by atoms with van der Waals surface area (Å²) >= 11 is 0. The van der Waals surface area contributed by atoms with E-state index in [9.17, 15) is 0 Å². The van der Waals surface area contributed by atoms with Crippen molar-refractivity contribution in [2.24, 2.45) is 0 Å². The molecule has 1 aromatic carbocycles. The van der Waals surface area contributed by atoms with E-state index in [0.29, 0.717) is 0 Å². The van der Waals surface area contributed by atoms with Crippen LogP contribution in [0.4, 0.5) is 0 Å². The van der Waals surface area contributed by atoms with Crippen LogP contribution in [0, 0.1) is 0 Å². The van der Waals surface area contributed by atoms with Gasteiger partial charge in [0.2, 0.25) is 0 Å². The average Bonchev–Trinajstić information content (AvgIpc) is 2.04. The zero-order valence-electron chi connectivity index (χ0n) is 7.93. The van der Waals surface area contributed by atoms with Gasteiger partial charge in [0.05, 0.1) is 0 Å². The Morgan fingerprint density at radius 3 is 2.33 bits per heavy atom. The highest BCUT2D eigenvalue weighted by molar-refractivity contribution is 6.32. The molecular formula is C11H15B. The smallest absolute Gasteiger partial charge is 0.0961 e. The van der Waals surface area contributed by atoms with Gasteiger partial charge < -0.3 is 0 Å². The van der Waals surface area contributed by atoms with E-state index in [-0.39, 0.29) is 0 Å². The summed E-state index contributed by atoms with van der Waals surface area (Å²) < 4.78 is 0. The number of hydrogen-bond donors (Lipinski definition) is 0. The Bertz CT molecular complexity index is 253. The monoisotopic (exact) mass is 158 g/mol. The summed E-state index contributed by atoms with van der Waals surface area (Å²) in [5.74, 6) is 0. The second-order valence-corrected chi connectivity index (χ2v) is 3.19. The van der Waals surface area contributed by atoms with Gasteiger partial charge in [-0.1, -0.05) is 43.9 Å². The van der Waals surface area contributed by atoms with Crippen molar-refractivity contribution in [1.29, 1.82) is 0 Å². The second kappa shape index (κ2) is 4.35. The Balaban J connectivity index is 2.90. The van der Waals surface area contributed by atoms with E-state index in [2.05, 4.69) is 32.0 Å². The number of benzene rings is 1. The molecule has 0 atom stereocenters. The first kappa shape index (κ1) is 9.37. The van der Waals surface area contributed by atoms with E-state index in [1.165, 1.54) is 17.5 Å². The largest absolute Gasteiger partial charge is 0.113 e. The molecule has 0 saturated carbocycles. The molecule has 0 unspecified atom stereocenters. The van der Waals surface area contributed by atoms with Crippen molar-refractivity contribution in [3.63, 3.8) is 0 Å². The van der Waals surface area contributed by atoms with Gasteiger partial charge in [-0.3, -0.25) is 0 Å². The summed E-state index contributed by atoms with van der Waals surface area (Å²) in [5.41, 5.74) is 3.62. The van der Waals surface area contributed by atoms with Crippen molar-refractivity contribution < 1.29 is 0 Å². The van der Waals surface area contributed by atoms with E-state index >= 15 is 0 Å². The van der Waals surface area contributed by atoms with Gasteiger partial charge in [0.1, 0.15) is 7.85 Å². The molecule has 0 N–H and O–H groups in total. The van der Waals surface area contributed by atoms with E-state index in [0.717, 1.165) is 18.3 Å². The Labute approximate surface area is 76.4 Å². The fourth-order valence-electron chi connectivity index (χ4n) is 1.43. The zero-order valence-corrected chi connectivity index (χ0v) is 7.93. The third kappa shape index (κ3) is 2.40. The fourth-order valence-corrected chi connectivity index (χ4v) is 1.43. The van der Waals surface area contributed by atoms with Crippen LogP contribution in [-0.4, -0.2) is 7.85 Å². The maximum atomic E-state index is 5.77. The molecule has 0 amide bonds. The van der Waals surface area contributed by atoms with Gasteiger partial charge in [-0.05, 0) is 24.0 Å². The molecular weight excluding hydrogens is 143 g/mol. The lowest BCUT2D eigenvalue weighted by Gasteiger charge is -2.04. The van der Waals surface area contributed by atoms with Crippen molar-refractivity contribution in [3.05, 3.63) is 29.3 Å². The van der Waals surface area contributed by atoms with E-state index in [4.69, 9.17) is 7.85 Å². The molecule has 0 saturated heterocycles. The topological polar surface area (TPSA) is 0 Å². The lowest BCUT2D eigenvalue weighted by Crippen LogP contribution is -2.05. The fraction of sp³-hybridized carbons (Fsp3) is 0.455. The van der Waals surface area contributed by atoms with Gasteiger partial charge in [0.15, 0.2) is 0 Å². The molecule has 0 spiro atoms. The molecule has 0 aliphatic heterocycles. The van der Waals surface area contributed by atoms with E-state index in [1.807, 2.05) is 0 Å². The summed E-state index contributed by atoms with van der Waals surface area (Å²) in [5, 5.41) is 0. The average molecular weight is 158 g/mol. The second-order valence-electron chi connectivity index (χ2n) is 3.19. The predicted octanol–water partition coefficient (Wildman–Crippen LogP) is 2.00. The van der Waals surface area contributed by atoms with Gasteiger partial charge >= 0.3 is 0 Å². The van der Waals surface area contributed by atoms with Crippen LogP contribution in [0.2, 0.25) is 0 Å². The molecule has 1 heteroatoms. The SMILES string of the molecule is [B]c1cc(CC)cc(CCC)c1. The maximum Gasteiger partial charge on any atom is 0.113 e. The molecule has 0 bridgehead atoms. The summed E-state index contributed by atoms with van der Waals surface area (Å²) in [7, 11) is 5.77. The first-order chi connectivity index (χ1) is 5.76. The molecule has 0 aromatic heterocycles. The third-order valence-corrected chi connectivity index (χ3v) is 2.02. The number of rotatable bonds is 3. The highest BCUT2D eigenvalue weighted by Crippen LogP contribution is 2.05. The quantitative estimate of drug-likeness (QED) is 0.590. The highest BCUT2D eigenvalue weighted by atomic mass is 14.0. The maximum absolute atomic E-state index is 5.77. The molecule has 62 valence electrons. The van der Waals surface area contributed by atoms with Crippen molar-refractivity contribution in [3.8, 4) is 0 Å². The molecule has 0 aliphatic carbocycles. The van der Waals surface area contributed by atoms with Crippen molar-refractivity contribution in [2.75, 3.05) is 0 Å².